The van der Waals surface area contributed by atoms with Crippen molar-refractivity contribution in [1.29, 1.82) is 0 Å². The summed E-state index contributed by atoms with van der Waals surface area (Å²) in [5, 5.41) is 4.16. The number of esters is 1. The average Bonchev–Trinajstić information content (AvgIpc) is 3.18. The molecule has 3 aromatic rings. The number of hydrogen-bond donors (Lipinski definition) is 1. The zero-order valence-electron chi connectivity index (χ0n) is 12.2. The van der Waals surface area contributed by atoms with Gasteiger partial charge in [-0.05, 0) is 24.3 Å². The first kappa shape index (κ1) is 16.8. The van der Waals surface area contributed by atoms with Crippen LogP contribution in [0.3, 0.4) is 0 Å². The number of nitrogens with one attached hydrogen (secondary N) is 1. The summed E-state index contributed by atoms with van der Waals surface area (Å²) in [5.41, 5.74) is 0. The van der Waals surface area contributed by atoms with E-state index in [1.165, 1.54) is 17.6 Å². The minimum absolute atomic E-state index is 0.228. The lowest BCUT2D eigenvalue weighted by atomic mass is 10.2. The number of ether oxygens (including phenoxy) is 1. The Kier molecular flexibility index (Phi) is 5.08. The summed E-state index contributed by atoms with van der Waals surface area (Å²) in [6.07, 6.45) is 1.51. The maximum atomic E-state index is 12.1. The van der Waals surface area contributed by atoms with Crippen LogP contribution < -0.4 is 5.32 Å². The molecule has 24 heavy (non-hydrogen) atoms. The predicted octanol–water partition coefficient (Wildman–Crippen LogP) is 4.27. The van der Waals surface area contributed by atoms with Crippen molar-refractivity contribution in [3.63, 3.8) is 0 Å². The standard InChI is InChI=1S/C16H11Cl2NO4S/c17-9-3-4-11-12(6-9)24-15(14(11)18)16(21)23-8-13(20)19-7-10-2-1-5-22-10/h1-6H,7-8H2,(H,19,20). The van der Waals surface area contributed by atoms with Crippen molar-refractivity contribution >= 4 is 56.5 Å². The van der Waals surface area contributed by atoms with E-state index < -0.39 is 18.5 Å². The van der Waals surface area contributed by atoms with Crippen molar-refractivity contribution in [2.45, 2.75) is 6.54 Å². The van der Waals surface area contributed by atoms with Crippen LogP contribution in [0.15, 0.2) is 41.0 Å². The minimum atomic E-state index is -0.648. The molecule has 0 bridgehead atoms. The predicted molar refractivity (Wildman–Crippen MR) is 92.7 cm³/mol. The highest BCUT2D eigenvalue weighted by Gasteiger charge is 2.19. The monoisotopic (exact) mass is 383 g/mol. The van der Waals surface area contributed by atoms with E-state index in [0.29, 0.717) is 15.8 Å². The number of thiophene rings is 1. The fourth-order valence-electron chi connectivity index (χ4n) is 2.02. The van der Waals surface area contributed by atoms with E-state index in [0.717, 1.165) is 10.1 Å². The van der Waals surface area contributed by atoms with Crippen molar-refractivity contribution in [2.24, 2.45) is 0 Å². The summed E-state index contributed by atoms with van der Waals surface area (Å²) in [5.74, 6) is -0.468. The Balaban J connectivity index is 1.60. The van der Waals surface area contributed by atoms with Gasteiger partial charge in [0.25, 0.3) is 5.91 Å². The van der Waals surface area contributed by atoms with Crippen molar-refractivity contribution in [3.8, 4) is 0 Å². The van der Waals surface area contributed by atoms with Gasteiger partial charge in [-0.1, -0.05) is 29.3 Å². The van der Waals surface area contributed by atoms with Gasteiger partial charge >= 0.3 is 5.97 Å². The van der Waals surface area contributed by atoms with Crippen LogP contribution in [0.4, 0.5) is 0 Å². The Morgan fingerprint density at radius 2 is 2.08 bits per heavy atom. The Morgan fingerprint density at radius 3 is 2.83 bits per heavy atom. The number of amides is 1. The second-order valence-corrected chi connectivity index (χ2v) is 6.68. The quantitative estimate of drug-likeness (QED) is 0.667. The molecule has 2 heterocycles. The first-order valence-electron chi connectivity index (χ1n) is 6.88. The lowest BCUT2D eigenvalue weighted by Crippen LogP contribution is -2.28. The Morgan fingerprint density at radius 1 is 1.25 bits per heavy atom. The molecular formula is C16H11Cl2NO4S. The maximum Gasteiger partial charge on any atom is 0.350 e. The van der Waals surface area contributed by atoms with Crippen LogP contribution >= 0.6 is 34.5 Å². The highest BCUT2D eigenvalue weighted by atomic mass is 35.5. The largest absolute Gasteiger partial charge is 0.467 e. The second-order valence-electron chi connectivity index (χ2n) is 4.82. The lowest BCUT2D eigenvalue weighted by molar-refractivity contribution is -0.124. The van der Waals surface area contributed by atoms with E-state index in [1.807, 2.05) is 0 Å². The van der Waals surface area contributed by atoms with E-state index in [2.05, 4.69) is 5.32 Å². The second kappa shape index (κ2) is 7.25. The minimum Gasteiger partial charge on any atom is -0.467 e. The first-order valence-corrected chi connectivity index (χ1v) is 8.45. The molecule has 2 aromatic heterocycles. The highest BCUT2D eigenvalue weighted by Crippen LogP contribution is 2.37. The number of hydrogen-bond acceptors (Lipinski definition) is 5. The molecule has 124 valence electrons. The molecule has 0 saturated carbocycles. The van der Waals surface area contributed by atoms with Crippen molar-refractivity contribution < 1.29 is 18.7 Å². The van der Waals surface area contributed by atoms with Crippen molar-refractivity contribution in [3.05, 3.63) is 57.3 Å². The molecule has 0 aliphatic carbocycles. The van der Waals surface area contributed by atoms with Crippen LogP contribution in [0.2, 0.25) is 10.0 Å². The number of carbonyl (C=O) groups is 2. The van der Waals surface area contributed by atoms with Crippen LogP contribution in [0.25, 0.3) is 10.1 Å². The first-order chi connectivity index (χ1) is 11.5. The molecule has 8 heteroatoms. The summed E-state index contributed by atoms with van der Waals surface area (Å²) in [4.78, 5) is 24.1. The highest BCUT2D eigenvalue weighted by molar-refractivity contribution is 7.21. The zero-order valence-corrected chi connectivity index (χ0v) is 14.5. The van der Waals surface area contributed by atoms with Crippen LogP contribution in [0.1, 0.15) is 15.4 Å². The summed E-state index contributed by atoms with van der Waals surface area (Å²) in [7, 11) is 0. The topological polar surface area (TPSA) is 68.5 Å². The van der Waals surface area contributed by atoms with E-state index in [-0.39, 0.29) is 11.4 Å². The Bertz CT molecular complexity index is 889. The van der Waals surface area contributed by atoms with Gasteiger partial charge in [0.1, 0.15) is 10.6 Å². The number of fused-ring (bicyclic) bond motifs is 1. The lowest BCUT2D eigenvalue weighted by Gasteiger charge is -2.04. The third kappa shape index (κ3) is 3.72. The molecule has 1 aromatic carbocycles. The van der Waals surface area contributed by atoms with Crippen LogP contribution in [-0.4, -0.2) is 18.5 Å². The number of halogens is 2. The van der Waals surface area contributed by atoms with Crippen molar-refractivity contribution in [2.75, 3.05) is 6.61 Å². The molecule has 0 unspecified atom stereocenters. The van der Waals surface area contributed by atoms with E-state index >= 15 is 0 Å². The average molecular weight is 384 g/mol. The van der Waals surface area contributed by atoms with Gasteiger partial charge in [-0.3, -0.25) is 4.79 Å². The molecule has 5 nitrogen and oxygen atoms in total. The summed E-state index contributed by atoms with van der Waals surface area (Å²) in [6.45, 7) is -0.170. The Labute approximate surface area is 151 Å². The normalized spacial score (nSPS) is 10.8. The molecule has 0 fully saturated rings. The van der Waals surface area contributed by atoms with Gasteiger partial charge in [0, 0.05) is 15.1 Å². The molecular weight excluding hydrogens is 373 g/mol. The number of furan rings is 1. The van der Waals surface area contributed by atoms with E-state index in [1.54, 1.807) is 30.3 Å². The molecule has 0 spiro atoms. The van der Waals surface area contributed by atoms with Gasteiger partial charge in [-0.15, -0.1) is 11.3 Å². The van der Waals surface area contributed by atoms with Crippen LogP contribution in [0, 0.1) is 0 Å². The molecule has 0 atom stereocenters. The molecule has 0 aliphatic heterocycles. The molecule has 1 amide bonds. The molecule has 1 N–H and O–H groups in total. The SMILES string of the molecule is O=C(COC(=O)c1sc2cc(Cl)ccc2c1Cl)NCc1ccco1. The summed E-state index contributed by atoms with van der Waals surface area (Å²) < 4.78 is 10.9. The van der Waals surface area contributed by atoms with Crippen LogP contribution in [0.5, 0.6) is 0 Å². The molecule has 0 saturated heterocycles. The smallest absolute Gasteiger partial charge is 0.350 e. The number of rotatable bonds is 5. The summed E-state index contributed by atoms with van der Waals surface area (Å²) in [6, 6.07) is 8.61. The number of benzene rings is 1. The zero-order chi connectivity index (χ0) is 17.1. The maximum absolute atomic E-state index is 12.1. The van der Waals surface area contributed by atoms with Gasteiger partial charge < -0.3 is 14.5 Å². The van der Waals surface area contributed by atoms with Gasteiger partial charge in [0.05, 0.1) is 17.8 Å². The third-order valence-corrected chi connectivity index (χ3v) is 5.02. The van der Waals surface area contributed by atoms with Gasteiger partial charge in [0.2, 0.25) is 0 Å². The molecule has 0 aliphatic rings. The Hall–Kier alpha value is -2.02. The van der Waals surface area contributed by atoms with E-state index in [9.17, 15) is 9.59 Å². The fourth-order valence-corrected chi connectivity index (χ4v) is 3.70. The fraction of sp³-hybridized carbons (Fsp3) is 0.125. The van der Waals surface area contributed by atoms with Crippen LogP contribution in [-0.2, 0) is 16.1 Å². The van der Waals surface area contributed by atoms with Crippen molar-refractivity contribution in [1.82, 2.24) is 5.32 Å². The summed E-state index contributed by atoms with van der Waals surface area (Å²) >= 11 is 13.3. The third-order valence-electron chi connectivity index (χ3n) is 3.15. The van der Waals surface area contributed by atoms with Gasteiger partial charge in [-0.25, -0.2) is 4.79 Å². The van der Waals surface area contributed by atoms with Gasteiger partial charge in [0.15, 0.2) is 6.61 Å². The van der Waals surface area contributed by atoms with E-state index in [4.69, 9.17) is 32.4 Å². The van der Waals surface area contributed by atoms with Gasteiger partial charge in [-0.2, -0.15) is 0 Å². The number of carbonyl (C=O) groups excluding carboxylic acids is 2. The molecule has 0 radical (unpaired) electrons. The molecule has 3 rings (SSSR count).